The van der Waals surface area contributed by atoms with Gasteiger partial charge >= 0.3 is 6.09 Å². The summed E-state index contributed by atoms with van der Waals surface area (Å²) in [7, 11) is -2.14. The molecule has 0 unspecified atom stereocenters. The highest BCUT2D eigenvalue weighted by Gasteiger charge is 2.45. The van der Waals surface area contributed by atoms with Crippen LogP contribution < -0.4 is 15.5 Å². The monoisotopic (exact) mass is 569 g/mol. The molecule has 0 spiro atoms. The fourth-order valence-electron chi connectivity index (χ4n) is 4.68. The third kappa shape index (κ3) is 6.42. The number of piperidine rings is 1. The minimum Gasteiger partial charge on any atom is -0.465 e. The summed E-state index contributed by atoms with van der Waals surface area (Å²) in [6.45, 7) is 16.1. The lowest BCUT2D eigenvalue weighted by molar-refractivity contribution is 0.0722. The van der Waals surface area contributed by atoms with Gasteiger partial charge in [-0.15, -0.1) is 11.3 Å². The van der Waals surface area contributed by atoms with E-state index in [1.807, 2.05) is 18.2 Å². The van der Waals surface area contributed by atoms with Crippen molar-refractivity contribution in [2.75, 3.05) is 23.3 Å². The summed E-state index contributed by atoms with van der Waals surface area (Å²) >= 11 is 1.69. The molecule has 0 aliphatic carbocycles. The van der Waals surface area contributed by atoms with Crippen LogP contribution in [0.3, 0.4) is 0 Å². The molecule has 1 saturated heterocycles. The van der Waals surface area contributed by atoms with E-state index < -0.39 is 20.5 Å². The quantitative estimate of drug-likeness (QED) is 0.299. The molecule has 9 nitrogen and oxygen atoms in total. The van der Waals surface area contributed by atoms with Crippen molar-refractivity contribution in [2.45, 2.75) is 71.3 Å². The first-order valence-corrected chi connectivity index (χ1v) is 17.1. The number of thiophene rings is 1. The molecule has 3 atom stereocenters. The molecule has 3 aromatic heterocycles. The van der Waals surface area contributed by atoms with Crippen molar-refractivity contribution in [1.29, 1.82) is 0 Å². The zero-order chi connectivity index (χ0) is 28.5. The predicted molar refractivity (Wildman–Crippen MR) is 160 cm³/mol. The smallest absolute Gasteiger partial charge is 0.405 e. The zero-order valence-corrected chi connectivity index (χ0v) is 25.6. The van der Waals surface area contributed by atoms with Gasteiger partial charge in [-0.25, -0.2) is 9.78 Å². The lowest BCUT2D eigenvalue weighted by Gasteiger charge is -2.48. The van der Waals surface area contributed by atoms with Crippen molar-refractivity contribution in [3.8, 4) is 0 Å². The third-order valence-electron chi connectivity index (χ3n) is 7.82. The van der Waals surface area contributed by atoms with Gasteiger partial charge in [0.1, 0.15) is 5.69 Å². The molecule has 3 N–H and O–H groups in total. The Bertz CT molecular complexity index is 1360. The minimum absolute atomic E-state index is 0.00163. The van der Waals surface area contributed by atoms with Crippen LogP contribution in [-0.2, 0) is 10.8 Å². The summed E-state index contributed by atoms with van der Waals surface area (Å²) < 4.78 is 7.80. The number of carboxylic acid groups (broad SMARTS) is 1. The highest BCUT2D eigenvalue weighted by Crippen LogP contribution is 2.40. The lowest BCUT2D eigenvalue weighted by Crippen LogP contribution is -2.62. The Morgan fingerprint density at radius 2 is 1.97 bits per heavy atom. The normalized spacial score (nSPS) is 20.2. The van der Waals surface area contributed by atoms with Crippen molar-refractivity contribution < 1.29 is 19.1 Å². The van der Waals surface area contributed by atoms with Crippen molar-refractivity contribution in [3.63, 3.8) is 0 Å². The summed E-state index contributed by atoms with van der Waals surface area (Å²) in [6.07, 6.45) is 2.88. The Kier molecular flexibility index (Phi) is 8.34. The van der Waals surface area contributed by atoms with E-state index in [1.165, 1.54) is 4.88 Å². The van der Waals surface area contributed by atoms with Gasteiger partial charge in [-0.05, 0) is 48.8 Å². The number of carbonyl (C=O) groups is 2. The highest BCUT2D eigenvalue weighted by atomic mass is 32.1. The second kappa shape index (κ2) is 11.2. The number of fused-ring (bicyclic) bond motifs is 1. The van der Waals surface area contributed by atoms with E-state index in [-0.39, 0.29) is 23.0 Å². The Hall–Kier alpha value is -3.02. The van der Waals surface area contributed by atoms with Crippen molar-refractivity contribution >= 4 is 53.2 Å². The van der Waals surface area contributed by atoms with Gasteiger partial charge in [0, 0.05) is 30.1 Å². The van der Waals surface area contributed by atoms with E-state index >= 15 is 0 Å². The number of aryl methyl sites for hydroxylation is 1. The molecule has 1 aliphatic heterocycles. The number of nitrogens with zero attached hydrogens (tertiary/aromatic N) is 3. The minimum atomic E-state index is -2.14. The van der Waals surface area contributed by atoms with Gasteiger partial charge in [-0.2, -0.15) is 0 Å². The fraction of sp³-hybridized carbons (Fsp3) is 0.500. The van der Waals surface area contributed by atoms with Gasteiger partial charge in [-0.3, -0.25) is 9.78 Å². The molecule has 0 saturated carbocycles. The highest BCUT2D eigenvalue weighted by molar-refractivity contribution is 7.19. The standard InChI is InChI=1S/C28H39N5O4SSi/c1-8-18-13-20-24(38-18)10-9-19(30-20)26(34)31-21-14-29-12-11-23(21)33-15-17(2)25(22(16-33)32-27(35)36)37-39(6,7)28(3,4)5/h9-14,17,22,25,32H,8,15-16H2,1-7H3,(H,31,34)(H,35,36)/t17-,22+,25+/m0/s1. The molecule has 0 radical (unpaired) electrons. The molecule has 2 amide bonds. The summed E-state index contributed by atoms with van der Waals surface area (Å²) in [5.74, 6) is -0.281. The van der Waals surface area contributed by atoms with Gasteiger partial charge in [0.2, 0.25) is 0 Å². The number of rotatable bonds is 7. The summed E-state index contributed by atoms with van der Waals surface area (Å²) in [4.78, 5) is 37.1. The number of carbonyl (C=O) groups excluding carboxylic acids is 1. The lowest BCUT2D eigenvalue weighted by atomic mass is 9.92. The van der Waals surface area contributed by atoms with Crippen molar-refractivity contribution in [3.05, 3.63) is 47.2 Å². The SMILES string of the molecule is CCc1cc2nc(C(=O)Nc3cnccc3N3C[C@H](C)[C@@H](O[Si](C)(C)C(C)(C)C)[C@H](NC(=O)O)C3)ccc2s1. The number of hydrogen-bond acceptors (Lipinski definition) is 7. The molecule has 0 bridgehead atoms. The molecule has 4 heterocycles. The maximum Gasteiger partial charge on any atom is 0.405 e. The molecule has 1 fully saturated rings. The predicted octanol–water partition coefficient (Wildman–Crippen LogP) is 5.99. The number of amides is 2. The van der Waals surface area contributed by atoms with E-state index in [9.17, 15) is 14.7 Å². The van der Waals surface area contributed by atoms with Crippen LogP contribution in [0.1, 0.15) is 50.0 Å². The first-order valence-electron chi connectivity index (χ1n) is 13.4. The van der Waals surface area contributed by atoms with E-state index in [1.54, 1.807) is 29.8 Å². The Labute approximate surface area is 235 Å². The third-order valence-corrected chi connectivity index (χ3v) is 13.5. The van der Waals surface area contributed by atoms with Crippen LogP contribution in [0.2, 0.25) is 18.1 Å². The average molecular weight is 570 g/mol. The molecular formula is C28H39N5O4SSi. The second-order valence-electron chi connectivity index (χ2n) is 11.8. The van der Waals surface area contributed by atoms with E-state index in [2.05, 4.69) is 73.2 Å². The largest absolute Gasteiger partial charge is 0.465 e. The van der Waals surface area contributed by atoms with E-state index in [0.29, 0.717) is 24.5 Å². The second-order valence-corrected chi connectivity index (χ2v) is 17.7. The van der Waals surface area contributed by atoms with Gasteiger partial charge in [0.25, 0.3) is 5.91 Å². The number of aromatic nitrogens is 2. The molecule has 210 valence electrons. The van der Waals surface area contributed by atoms with E-state index in [0.717, 1.165) is 22.3 Å². The van der Waals surface area contributed by atoms with Crippen molar-refractivity contribution in [1.82, 2.24) is 15.3 Å². The van der Waals surface area contributed by atoms with Gasteiger partial charge in [0.05, 0.1) is 39.9 Å². The van der Waals surface area contributed by atoms with Crippen molar-refractivity contribution in [2.24, 2.45) is 5.92 Å². The van der Waals surface area contributed by atoms with Gasteiger partial charge < -0.3 is 25.1 Å². The molecule has 3 aromatic rings. The maximum atomic E-state index is 13.2. The molecule has 11 heteroatoms. The fourth-order valence-corrected chi connectivity index (χ4v) is 7.06. The molecule has 39 heavy (non-hydrogen) atoms. The number of hydrogen-bond donors (Lipinski definition) is 3. The number of nitrogens with one attached hydrogen (secondary N) is 2. The zero-order valence-electron chi connectivity index (χ0n) is 23.7. The molecular weight excluding hydrogens is 530 g/mol. The molecule has 1 aliphatic rings. The van der Waals surface area contributed by atoms with Gasteiger partial charge in [-0.1, -0.05) is 34.6 Å². The maximum absolute atomic E-state index is 13.2. The Morgan fingerprint density at radius 1 is 1.23 bits per heavy atom. The first kappa shape index (κ1) is 29.0. The summed E-state index contributed by atoms with van der Waals surface area (Å²) in [6, 6.07) is 7.11. The van der Waals surface area contributed by atoms with E-state index in [4.69, 9.17) is 4.43 Å². The van der Waals surface area contributed by atoms with Crippen LogP contribution in [0, 0.1) is 5.92 Å². The van der Waals surface area contributed by atoms with Crippen LogP contribution in [0.4, 0.5) is 16.2 Å². The van der Waals surface area contributed by atoms with Crippen LogP contribution in [-0.4, -0.2) is 60.6 Å². The van der Waals surface area contributed by atoms with Crippen LogP contribution in [0.5, 0.6) is 0 Å². The summed E-state index contributed by atoms with van der Waals surface area (Å²) in [5, 5.41) is 15.3. The Morgan fingerprint density at radius 3 is 2.64 bits per heavy atom. The van der Waals surface area contributed by atoms with Crippen LogP contribution >= 0.6 is 11.3 Å². The topological polar surface area (TPSA) is 117 Å². The molecule has 0 aromatic carbocycles. The number of pyridine rings is 2. The number of anilines is 2. The first-order chi connectivity index (χ1) is 18.3. The average Bonchev–Trinajstić information content (AvgIpc) is 3.28. The van der Waals surface area contributed by atoms with Gasteiger partial charge in [0.15, 0.2) is 8.32 Å². The Balaban J connectivity index is 1.57. The summed E-state index contributed by atoms with van der Waals surface area (Å²) in [5.41, 5.74) is 2.47. The van der Waals surface area contributed by atoms with Crippen LogP contribution in [0.15, 0.2) is 36.7 Å². The van der Waals surface area contributed by atoms with Crippen LogP contribution in [0.25, 0.3) is 10.2 Å². The molecule has 4 rings (SSSR count).